The molecule has 0 radical (unpaired) electrons. The molecule has 0 aliphatic rings. The van der Waals surface area contributed by atoms with E-state index in [4.69, 9.17) is 5.11 Å². The van der Waals surface area contributed by atoms with Crippen LogP contribution >= 0.6 is 0 Å². The lowest BCUT2D eigenvalue weighted by molar-refractivity contribution is -0.137. The maximum atomic E-state index is 10.4. The van der Waals surface area contributed by atoms with E-state index >= 15 is 0 Å². The standard InChI is InChI=1S/C24H48O2/c1-3-5-6-17-20-23(4-2)21-18-15-13-11-9-7-8-10-12-14-16-19-22-24(25)26/h23H,3-22H2,1-2H3,(H,25,26). The van der Waals surface area contributed by atoms with E-state index in [0.29, 0.717) is 6.42 Å². The summed E-state index contributed by atoms with van der Waals surface area (Å²) in [5, 5.41) is 8.58. The Morgan fingerprint density at radius 1 is 0.615 bits per heavy atom. The van der Waals surface area contributed by atoms with Gasteiger partial charge in [0.15, 0.2) is 0 Å². The lowest BCUT2D eigenvalue weighted by atomic mass is 9.92. The average molecular weight is 369 g/mol. The van der Waals surface area contributed by atoms with Crippen molar-refractivity contribution < 1.29 is 9.90 Å². The lowest BCUT2D eigenvalue weighted by Crippen LogP contribution is -1.99. The SMILES string of the molecule is CCCCCCC(CC)CCCCCCCCCCCCCCC(=O)O. The summed E-state index contributed by atoms with van der Waals surface area (Å²) in [6, 6.07) is 0. The maximum Gasteiger partial charge on any atom is 0.303 e. The van der Waals surface area contributed by atoms with E-state index in [1.165, 1.54) is 109 Å². The molecule has 0 bridgehead atoms. The highest BCUT2D eigenvalue weighted by molar-refractivity contribution is 5.66. The molecule has 1 unspecified atom stereocenters. The van der Waals surface area contributed by atoms with Crippen LogP contribution in [-0.4, -0.2) is 11.1 Å². The summed E-state index contributed by atoms with van der Waals surface area (Å²) in [5.74, 6) is 0.338. The molecule has 0 fully saturated rings. The molecule has 0 aromatic rings. The molecule has 2 nitrogen and oxygen atoms in total. The van der Waals surface area contributed by atoms with E-state index in [1.54, 1.807) is 0 Å². The van der Waals surface area contributed by atoms with Gasteiger partial charge in [-0.1, -0.05) is 129 Å². The van der Waals surface area contributed by atoms with E-state index in [-0.39, 0.29) is 0 Å². The smallest absolute Gasteiger partial charge is 0.303 e. The van der Waals surface area contributed by atoms with Crippen molar-refractivity contribution in [3.63, 3.8) is 0 Å². The monoisotopic (exact) mass is 368 g/mol. The van der Waals surface area contributed by atoms with E-state index in [9.17, 15) is 4.79 Å². The summed E-state index contributed by atoms with van der Waals surface area (Å²) in [7, 11) is 0. The van der Waals surface area contributed by atoms with Crippen LogP contribution in [0.15, 0.2) is 0 Å². The Bertz CT molecular complexity index is 288. The maximum absolute atomic E-state index is 10.4. The number of carboxylic acid groups (broad SMARTS) is 1. The first-order valence-corrected chi connectivity index (χ1v) is 11.9. The Balaban J connectivity index is 3.21. The molecule has 0 rings (SSSR count). The molecule has 0 saturated heterocycles. The Morgan fingerprint density at radius 3 is 1.38 bits per heavy atom. The molecule has 156 valence electrons. The minimum Gasteiger partial charge on any atom is -0.481 e. The molecule has 1 atom stereocenters. The molecule has 2 heteroatoms. The molecule has 0 heterocycles. The van der Waals surface area contributed by atoms with Crippen molar-refractivity contribution in [3.8, 4) is 0 Å². The van der Waals surface area contributed by atoms with Crippen molar-refractivity contribution >= 4 is 5.97 Å². The average Bonchev–Trinajstić information content (AvgIpc) is 2.63. The predicted octanol–water partition coefficient (Wildman–Crippen LogP) is 8.53. The highest BCUT2D eigenvalue weighted by Crippen LogP contribution is 2.21. The van der Waals surface area contributed by atoms with Crippen molar-refractivity contribution in [2.75, 3.05) is 0 Å². The fraction of sp³-hybridized carbons (Fsp3) is 0.958. The molecule has 0 aromatic heterocycles. The van der Waals surface area contributed by atoms with Crippen LogP contribution in [0.2, 0.25) is 0 Å². The molecular weight excluding hydrogens is 320 g/mol. The molecular formula is C24H48O2. The second-order valence-electron chi connectivity index (χ2n) is 8.30. The van der Waals surface area contributed by atoms with E-state index < -0.39 is 5.97 Å². The fourth-order valence-corrected chi connectivity index (χ4v) is 3.89. The summed E-state index contributed by atoms with van der Waals surface area (Å²) in [6.45, 7) is 4.67. The Morgan fingerprint density at radius 2 is 1.00 bits per heavy atom. The normalized spacial score (nSPS) is 12.4. The molecule has 26 heavy (non-hydrogen) atoms. The minimum absolute atomic E-state index is 0.345. The van der Waals surface area contributed by atoms with Crippen molar-refractivity contribution in [1.29, 1.82) is 0 Å². The van der Waals surface area contributed by atoms with Gasteiger partial charge in [0.1, 0.15) is 0 Å². The molecule has 0 amide bonds. The van der Waals surface area contributed by atoms with Gasteiger partial charge in [-0.15, -0.1) is 0 Å². The fourth-order valence-electron chi connectivity index (χ4n) is 3.89. The van der Waals surface area contributed by atoms with Crippen LogP contribution in [0.3, 0.4) is 0 Å². The van der Waals surface area contributed by atoms with Gasteiger partial charge in [-0.25, -0.2) is 0 Å². The molecule has 0 aliphatic carbocycles. The Kier molecular flexibility index (Phi) is 20.4. The van der Waals surface area contributed by atoms with Gasteiger partial charge in [0.25, 0.3) is 0 Å². The summed E-state index contributed by atoms with van der Waals surface area (Å²) in [4.78, 5) is 10.4. The lowest BCUT2D eigenvalue weighted by Gasteiger charge is -2.14. The van der Waals surface area contributed by atoms with Gasteiger partial charge < -0.3 is 5.11 Å². The van der Waals surface area contributed by atoms with Crippen LogP contribution in [0.5, 0.6) is 0 Å². The largest absolute Gasteiger partial charge is 0.481 e. The number of rotatable bonds is 21. The van der Waals surface area contributed by atoms with Crippen molar-refractivity contribution in [1.82, 2.24) is 0 Å². The number of aliphatic carboxylic acids is 1. The van der Waals surface area contributed by atoms with Crippen LogP contribution < -0.4 is 0 Å². The molecule has 0 spiro atoms. The third kappa shape index (κ3) is 19.8. The van der Waals surface area contributed by atoms with E-state index in [2.05, 4.69) is 13.8 Å². The summed E-state index contributed by atoms with van der Waals surface area (Å²) >= 11 is 0. The van der Waals surface area contributed by atoms with Crippen molar-refractivity contribution in [2.45, 2.75) is 142 Å². The van der Waals surface area contributed by atoms with Crippen molar-refractivity contribution in [3.05, 3.63) is 0 Å². The van der Waals surface area contributed by atoms with Crippen LogP contribution in [0.1, 0.15) is 142 Å². The zero-order valence-electron chi connectivity index (χ0n) is 18.1. The van der Waals surface area contributed by atoms with Crippen LogP contribution in [0.4, 0.5) is 0 Å². The number of hydrogen-bond donors (Lipinski definition) is 1. The third-order valence-electron chi connectivity index (χ3n) is 5.80. The summed E-state index contributed by atoms with van der Waals surface area (Å²) < 4.78 is 0. The minimum atomic E-state index is -0.651. The van der Waals surface area contributed by atoms with Crippen LogP contribution in [-0.2, 0) is 4.79 Å². The first-order valence-electron chi connectivity index (χ1n) is 11.9. The predicted molar refractivity (Wildman–Crippen MR) is 115 cm³/mol. The number of unbranched alkanes of at least 4 members (excludes halogenated alkanes) is 14. The van der Waals surface area contributed by atoms with Gasteiger partial charge in [-0.3, -0.25) is 4.79 Å². The van der Waals surface area contributed by atoms with Gasteiger partial charge in [-0.2, -0.15) is 0 Å². The molecule has 0 aromatic carbocycles. The number of carboxylic acids is 1. The topological polar surface area (TPSA) is 37.3 Å². The Hall–Kier alpha value is -0.530. The first-order chi connectivity index (χ1) is 12.7. The Labute approximate surface area is 164 Å². The number of carbonyl (C=O) groups is 1. The zero-order valence-corrected chi connectivity index (χ0v) is 18.1. The highest BCUT2D eigenvalue weighted by atomic mass is 16.4. The summed E-state index contributed by atoms with van der Waals surface area (Å²) in [6.07, 6.45) is 26.0. The molecule has 1 N–H and O–H groups in total. The summed E-state index contributed by atoms with van der Waals surface area (Å²) in [5.41, 5.74) is 0. The van der Waals surface area contributed by atoms with Crippen LogP contribution in [0.25, 0.3) is 0 Å². The van der Waals surface area contributed by atoms with Gasteiger partial charge in [0, 0.05) is 6.42 Å². The number of hydrogen-bond acceptors (Lipinski definition) is 1. The third-order valence-corrected chi connectivity index (χ3v) is 5.80. The van der Waals surface area contributed by atoms with E-state index in [1.807, 2.05) is 0 Å². The second-order valence-corrected chi connectivity index (χ2v) is 8.30. The van der Waals surface area contributed by atoms with Crippen molar-refractivity contribution in [2.24, 2.45) is 5.92 Å². The van der Waals surface area contributed by atoms with Gasteiger partial charge >= 0.3 is 5.97 Å². The molecule has 0 aliphatic heterocycles. The second kappa shape index (κ2) is 20.8. The van der Waals surface area contributed by atoms with Gasteiger partial charge in [0.05, 0.1) is 0 Å². The first kappa shape index (κ1) is 25.5. The molecule has 0 saturated carbocycles. The zero-order chi connectivity index (χ0) is 19.3. The van der Waals surface area contributed by atoms with Gasteiger partial charge in [-0.05, 0) is 12.3 Å². The van der Waals surface area contributed by atoms with Crippen LogP contribution in [0, 0.1) is 5.92 Å². The van der Waals surface area contributed by atoms with E-state index in [0.717, 1.165) is 18.8 Å². The highest BCUT2D eigenvalue weighted by Gasteiger charge is 2.05. The van der Waals surface area contributed by atoms with Gasteiger partial charge in [0.2, 0.25) is 0 Å². The quantitative estimate of drug-likeness (QED) is 0.206.